The second-order valence-corrected chi connectivity index (χ2v) is 10.6. The largest absolute Gasteiger partial charge is 0.0779 e. The molecule has 1 rings (SSSR count). The summed E-state index contributed by atoms with van der Waals surface area (Å²) in [4.78, 5) is 0. The van der Waals surface area contributed by atoms with E-state index in [0.29, 0.717) is 0 Å². The zero-order chi connectivity index (χ0) is 9.35. The number of rotatable bonds is 1. The van der Waals surface area contributed by atoms with E-state index in [0.717, 1.165) is 0 Å². The molecule has 0 fully saturated rings. The molecule has 0 atom stereocenters. The minimum Gasteiger partial charge on any atom is -0.0680 e. The van der Waals surface area contributed by atoms with Crippen molar-refractivity contribution in [3.05, 3.63) is 23.8 Å². The highest BCUT2D eigenvalue weighted by molar-refractivity contribution is 6.89. The van der Waals surface area contributed by atoms with E-state index in [4.69, 9.17) is 0 Å². The van der Waals surface area contributed by atoms with E-state index in [2.05, 4.69) is 44.8 Å². The van der Waals surface area contributed by atoms with Crippen LogP contribution in [0.15, 0.2) is 18.2 Å². The Hall–Kier alpha value is -0.346. The molecule has 2 heteroatoms. The molecule has 0 spiro atoms. The normalized spacial score (nSPS) is 12.0. The van der Waals surface area contributed by atoms with Gasteiger partial charge in [0, 0.05) is 10.2 Å². The van der Waals surface area contributed by atoms with E-state index in [9.17, 15) is 0 Å². The summed E-state index contributed by atoms with van der Waals surface area (Å²) in [7, 11) is 0.0936. The lowest BCUT2D eigenvalue weighted by Crippen LogP contribution is -2.41. The van der Waals surface area contributed by atoms with Crippen molar-refractivity contribution in [3.63, 3.8) is 0 Å². The second-order valence-electron chi connectivity index (χ2n) is 4.50. The molecule has 0 heterocycles. The van der Waals surface area contributed by atoms with Gasteiger partial charge in [0.05, 0.1) is 8.07 Å². The predicted octanol–water partition coefficient (Wildman–Crippen LogP) is 0.531. The van der Waals surface area contributed by atoms with Gasteiger partial charge in [0.15, 0.2) is 0 Å². The van der Waals surface area contributed by atoms with Gasteiger partial charge in [-0.15, -0.1) is 0 Å². The van der Waals surface area contributed by atoms with Crippen molar-refractivity contribution in [2.75, 3.05) is 0 Å². The molecule has 0 aromatic heterocycles. The maximum Gasteiger partial charge on any atom is 0.0779 e. The standard InChI is InChI=1S/C10H18Si2/c1-8-9(11)6-5-7-10(8)12(2,3)4/h5-7H,1-4,11H3. The monoisotopic (exact) mass is 194 g/mol. The molecule has 0 radical (unpaired) electrons. The summed E-state index contributed by atoms with van der Waals surface area (Å²) < 4.78 is 0. The zero-order valence-corrected chi connectivity index (χ0v) is 11.7. The molecule has 0 bridgehead atoms. The topological polar surface area (TPSA) is 0 Å². The van der Waals surface area contributed by atoms with Crippen LogP contribution in [0.5, 0.6) is 0 Å². The van der Waals surface area contributed by atoms with Gasteiger partial charge in [0.2, 0.25) is 0 Å². The Bertz CT molecular complexity index is 284. The predicted molar refractivity (Wildman–Crippen MR) is 63.7 cm³/mol. The molecule has 0 aliphatic carbocycles. The lowest BCUT2D eigenvalue weighted by molar-refractivity contribution is 1.53. The smallest absolute Gasteiger partial charge is 0.0680 e. The number of hydrogen-bond donors (Lipinski definition) is 0. The maximum absolute atomic E-state index is 2.41. The van der Waals surface area contributed by atoms with Gasteiger partial charge in [-0.1, -0.05) is 53.8 Å². The van der Waals surface area contributed by atoms with Crippen molar-refractivity contribution in [3.8, 4) is 0 Å². The molecule has 0 nitrogen and oxygen atoms in total. The van der Waals surface area contributed by atoms with Crippen molar-refractivity contribution in [1.29, 1.82) is 0 Å². The zero-order valence-electron chi connectivity index (χ0n) is 8.73. The van der Waals surface area contributed by atoms with Crippen molar-refractivity contribution in [1.82, 2.24) is 0 Å². The Kier molecular flexibility index (Phi) is 2.59. The van der Waals surface area contributed by atoms with E-state index in [1.165, 1.54) is 10.2 Å². The van der Waals surface area contributed by atoms with Crippen LogP contribution in [0.4, 0.5) is 0 Å². The van der Waals surface area contributed by atoms with Crippen LogP contribution in [0, 0.1) is 6.92 Å². The molecule has 0 aliphatic heterocycles. The summed E-state index contributed by atoms with van der Waals surface area (Å²) in [5.41, 5.74) is 1.56. The van der Waals surface area contributed by atoms with Crippen LogP contribution in [0.2, 0.25) is 19.6 Å². The van der Waals surface area contributed by atoms with Crippen LogP contribution in [0.1, 0.15) is 5.56 Å². The van der Waals surface area contributed by atoms with Crippen LogP contribution in [0.25, 0.3) is 0 Å². The third-order valence-electron chi connectivity index (χ3n) is 2.41. The SMILES string of the molecule is Cc1c([SiH3])cccc1[Si](C)(C)C. The Morgan fingerprint density at radius 1 is 1.17 bits per heavy atom. The number of benzene rings is 1. The molecule has 12 heavy (non-hydrogen) atoms. The second kappa shape index (κ2) is 3.19. The van der Waals surface area contributed by atoms with Gasteiger partial charge >= 0.3 is 0 Å². The molecule has 0 saturated heterocycles. The average molecular weight is 194 g/mol. The van der Waals surface area contributed by atoms with E-state index in [1.54, 1.807) is 15.9 Å². The van der Waals surface area contributed by atoms with Crippen molar-refractivity contribution in [2.45, 2.75) is 26.6 Å². The van der Waals surface area contributed by atoms with E-state index < -0.39 is 8.07 Å². The van der Waals surface area contributed by atoms with Crippen LogP contribution in [-0.2, 0) is 0 Å². The van der Waals surface area contributed by atoms with Gasteiger partial charge < -0.3 is 0 Å². The van der Waals surface area contributed by atoms with Crippen molar-refractivity contribution in [2.24, 2.45) is 0 Å². The van der Waals surface area contributed by atoms with E-state index in [1.807, 2.05) is 0 Å². The molecule has 0 unspecified atom stereocenters. The first-order chi connectivity index (χ1) is 5.43. The van der Waals surface area contributed by atoms with Gasteiger partial charge in [-0.25, -0.2) is 0 Å². The summed E-state index contributed by atoms with van der Waals surface area (Å²) in [6, 6.07) is 6.77. The molecular weight excluding hydrogens is 176 g/mol. The lowest BCUT2D eigenvalue weighted by atomic mass is 10.2. The van der Waals surface area contributed by atoms with Crippen LogP contribution in [-0.4, -0.2) is 18.3 Å². The molecule has 1 aromatic rings. The highest BCUT2D eigenvalue weighted by Crippen LogP contribution is 2.03. The maximum atomic E-state index is 2.41. The Labute approximate surface area is 79.4 Å². The lowest BCUT2D eigenvalue weighted by Gasteiger charge is -2.20. The molecule has 0 aliphatic rings. The highest BCUT2D eigenvalue weighted by atomic mass is 28.3. The summed E-state index contributed by atoms with van der Waals surface area (Å²) in [5.74, 6) is 0. The van der Waals surface area contributed by atoms with Crippen LogP contribution in [0.3, 0.4) is 0 Å². The Morgan fingerprint density at radius 3 is 2.17 bits per heavy atom. The Morgan fingerprint density at radius 2 is 1.75 bits per heavy atom. The third kappa shape index (κ3) is 1.87. The average Bonchev–Trinajstić information content (AvgIpc) is 1.92. The van der Waals surface area contributed by atoms with Crippen molar-refractivity contribution >= 4 is 28.7 Å². The van der Waals surface area contributed by atoms with Crippen LogP contribution < -0.4 is 10.4 Å². The molecular formula is C10H18Si2. The fraction of sp³-hybridized carbons (Fsp3) is 0.400. The van der Waals surface area contributed by atoms with Gasteiger partial charge in [-0.2, -0.15) is 0 Å². The van der Waals surface area contributed by atoms with Gasteiger partial charge in [-0.05, 0) is 6.92 Å². The molecule has 0 saturated carbocycles. The summed E-state index contributed by atoms with van der Waals surface area (Å²) in [6.45, 7) is 9.51. The number of hydrogen-bond acceptors (Lipinski definition) is 0. The first kappa shape index (κ1) is 9.74. The highest BCUT2D eigenvalue weighted by Gasteiger charge is 2.18. The van der Waals surface area contributed by atoms with Gasteiger partial charge in [0.1, 0.15) is 0 Å². The summed E-state index contributed by atoms with van der Waals surface area (Å²) in [5, 5.41) is 3.20. The molecule has 66 valence electrons. The molecule has 1 aromatic carbocycles. The summed E-state index contributed by atoms with van der Waals surface area (Å²) in [6.07, 6.45) is 0. The fourth-order valence-corrected chi connectivity index (χ4v) is 4.19. The Balaban J connectivity index is 3.26. The quantitative estimate of drug-likeness (QED) is 0.572. The third-order valence-corrected chi connectivity index (χ3v) is 5.65. The summed E-state index contributed by atoms with van der Waals surface area (Å²) >= 11 is 0. The first-order valence-electron chi connectivity index (χ1n) is 4.49. The van der Waals surface area contributed by atoms with Gasteiger partial charge in [0.25, 0.3) is 0 Å². The minimum absolute atomic E-state index is 1.09. The van der Waals surface area contributed by atoms with Gasteiger partial charge in [-0.3, -0.25) is 0 Å². The molecule has 0 amide bonds. The first-order valence-corrected chi connectivity index (χ1v) is 8.99. The van der Waals surface area contributed by atoms with Crippen molar-refractivity contribution < 1.29 is 0 Å². The van der Waals surface area contributed by atoms with E-state index >= 15 is 0 Å². The minimum atomic E-state index is -1.09. The van der Waals surface area contributed by atoms with E-state index in [-0.39, 0.29) is 0 Å². The fourth-order valence-electron chi connectivity index (χ4n) is 1.56. The van der Waals surface area contributed by atoms with Crippen LogP contribution >= 0.6 is 0 Å². The molecule has 0 N–H and O–H groups in total.